The largest absolute Gasteiger partial charge is 0.481 e. The summed E-state index contributed by atoms with van der Waals surface area (Å²) < 4.78 is 0. The number of carboxylic acid groups (broad SMARTS) is 1. The average molecular weight is 287 g/mol. The zero-order chi connectivity index (χ0) is 14.8. The summed E-state index contributed by atoms with van der Waals surface area (Å²) in [4.78, 5) is 24.9. The molecule has 21 heavy (non-hydrogen) atoms. The Hall–Kier alpha value is -1.84. The number of benzene rings is 1. The molecule has 1 amide bonds. The number of nitrogens with zero attached hydrogens (tertiary/aromatic N) is 1. The van der Waals surface area contributed by atoms with Gasteiger partial charge in [0.15, 0.2) is 0 Å². The second-order valence-electron chi connectivity index (χ2n) is 6.23. The third-order valence-corrected chi connectivity index (χ3v) is 4.62. The van der Waals surface area contributed by atoms with E-state index in [9.17, 15) is 9.59 Å². The van der Waals surface area contributed by atoms with Crippen LogP contribution in [-0.2, 0) is 28.9 Å². The summed E-state index contributed by atoms with van der Waals surface area (Å²) in [5.74, 6) is -0.528. The molecule has 1 N–H and O–H groups in total. The summed E-state index contributed by atoms with van der Waals surface area (Å²) >= 11 is 0. The molecule has 1 unspecified atom stereocenters. The summed E-state index contributed by atoms with van der Waals surface area (Å²) in [6, 6.07) is 6.39. The minimum atomic E-state index is -0.770. The number of hydrogen-bond donors (Lipinski definition) is 1. The molecular weight excluding hydrogens is 266 g/mol. The van der Waals surface area contributed by atoms with Crippen LogP contribution in [0.15, 0.2) is 18.2 Å². The Morgan fingerprint density at radius 3 is 2.86 bits per heavy atom. The van der Waals surface area contributed by atoms with Gasteiger partial charge in [0, 0.05) is 19.5 Å². The van der Waals surface area contributed by atoms with E-state index >= 15 is 0 Å². The molecule has 4 heteroatoms. The summed E-state index contributed by atoms with van der Waals surface area (Å²) in [5.41, 5.74) is 3.90. The van der Waals surface area contributed by atoms with Crippen molar-refractivity contribution in [1.29, 1.82) is 0 Å². The van der Waals surface area contributed by atoms with Gasteiger partial charge < -0.3 is 10.0 Å². The molecule has 1 atom stereocenters. The van der Waals surface area contributed by atoms with Crippen molar-refractivity contribution in [2.75, 3.05) is 13.1 Å². The van der Waals surface area contributed by atoms with Crippen LogP contribution in [-0.4, -0.2) is 35.0 Å². The average Bonchev–Trinajstić information content (AvgIpc) is 3.06. The molecule has 4 nitrogen and oxygen atoms in total. The molecule has 1 aromatic rings. The molecule has 2 aliphatic rings. The van der Waals surface area contributed by atoms with Crippen molar-refractivity contribution >= 4 is 11.9 Å². The second kappa shape index (κ2) is 5.88. The van der Waals surface area contributed by atoms with E-state index in [0.29, 0.717) is 19.5 Å². The SMILES string of the molecule is O=C(O)CC1CCN(C(=O)Cc2ccc3c(c2)CCC3)C1. The fourth-order valence-electron chi connectivity index (χ4n) is 3.49. The number of carbonyl (C=O) groups is 2. The molecule has 3 rings (SSSR count). The number of fused-ring (bicyclic) bond motifs is 1. The Labute approximate surface area is 124 Å². The molecule has 112 valence electrons. The van der Waals surface area contributed by atoms with Gasteiger partial charge in [-0.25, -0.2) is 0 Å². The highest BCUT2D eigenvalue weighted by molar-refractivity contribution is 5.79. The van der Waals surface area contributed by atoms with Crippen molar-refractivity contribution in [2.45, 2.75) is 38.5 Å². The van der Waals surface area contributed by atoms with Crippen LogP contribution in [0.25, 0.3) is 0 Å². The van der Waals surface area contributed by atoms with E-state index in [2.05, 4.69) is 18.2 Å². The van der Waals surface area contributed by atoms with Gasteiger partial charge in [-0.3, -0.25) is 9.59 Å². The topological polar surface area (TPSA) is 57.6 Å². The van der Waals surface area contributed by atoms with Crippen LogP contribution in [0.5, 0.6) is 0 Å². The first kappa shape index (κ1) is 14.1. The molecule has 1 aliphatic carbocycles. The highest BCUT2D eigenvalue weighted by atomic mass is 16.4. The molecule has 0 saturated carbocycles. The zero-order valence-corrected chi connectivity index (χ0v) is 12.2. The van der Waals surface area contributed by atoms with Gasteiger partial charge in [0.2, 0.25) is 5.91 Å². The van der Waals surface area contributed by atoms with Crippen molar-refractivity contribution in [3.05, 3.63) is 34.9 Å². The van der Waals surface area contributed by atoms with Gasteiger partial charge in [-0.2, -0.15) is 0 Å². The van der Waals surface area contributed by atoms with Crippen molar-refractivity contribution in [3.8, 4) is 0 Å². The molecule has 1 aromatic carbocycles. The van der Waals surface area contributed by atoms with Crippen molar-refractivity contribution in [3.63, 3.8) is 0 Å². The molecule has 1 fully saturated rings. The predicted molar refractivity (Wildman–Crippen MR) is 79.1 cm³/mol. The Morgan fingerprint density at radius 2 is 2.05 bits per heavy atom. The zero-order valence-electron chi connectivity index (χ0n) is 12.2. The van der Waals surface area contributed by atoms with E-state index in [0.717, 1.165) is 24.8 Å². The maximum absolute atomic E-state index is 12.3. The quantitative estimate of drug-likeness (QED) is 0.922. The summed E-state index contributed by atoms with van der Waals surface area (Å²) in [6.45, 7) is 1.29. The molecule has 0 bridgehead atoms. The van der Waals surface area contributed by atoms with E-state index in [1.54, 1.807) is 0 Å². The third kappa shape index (κ3) is 3.26. The standard InChI is InChI=1S/C17H21NO3/c19-16(18-7-6-13(11-18)10-17(20)21)9-12-4-5-14-2-1-3-15(14)8-12/h4-5,8,13H,1-3,6-7,9-11H2,(H,20,21). The highest BCUT2D eigenvalue weighted by Gasteiger charge is 2.27. The molecule has 1 saturated heterocycles. The molecule has 0 radical (unpaired) electrons. The van der Waals surface area contributed by atoms with Gasteiger partial charge >= 0.3 is 5.97 Å². The summed E-state index contributed by atoms with van der Waals surface area (Å²) in [7, 11) is 0. The smallest absolute Gasteiger partial charge is 0.303 e. The van der Waals surface area contributed by atoms with Crippen LogP contribution in [0.2, 0.25) is 0 Å². The lowest BCUT2D eigenvalue weighted by Gasteiger charge is -2.16. The molecular formula is C17H21NO3. The highest BCUT2D eigenvalue weighted by Crippen LogP contribution is 2.24. The molecule has 1 aliphatic heterocycles. The van der Waals surface area contributed by atoms with Crippen LogP contribution in [0.4, 0.5) is 0 Å². The first-order valence-electron chi connectivity index (χ1n) is 7.72. The Morgan fingerprint density at radius 1 is 1.24 bits per heavy atom. The number of rotatable bonds is 4. The van der Waals surface area contributed by atoms with Crippen LogP contribution in [0, 0.1) is 5.92 Å². The number of likely N-dealkylation sites (tertiary alicyclic amines) is 1. The Bertz CT molecular complexity index is 567. The van der Waals surface area contributed by atoms with Crippen LogP contribution in [0.3, 0.4) is 0 Å². The number of aliphatic carboxylic acids is 1. The van der Waals surface area contributed by atoms with E-state index in [1.807, 2.05) is 4.90 Å². The maximum Gasteiger partial charge on any atom is 0.303 e. The van der Waals surface area contributed by atoms with Crippen molar-refractivity contribution in [1.82, 2.24) is 4.90 Å². The number of carbonyl (C=O) groups excluding carboxylic acids is 1. The predicted octanol–water partition coefficient (Wildman–Crippen LogP) is 2.04. The Kier molecular flexibility index (Phi) is 3.95. The molecule has 0 spiro atoms. The van der Waals surface area contributed by atoms with Gasteiger partial charge in [-0.15, -0.1) is 0 Å². The van der Waals surface area contributed by atoms with E-state index in [-0.39, 0.29) is 18.2 Å². The lowest BCUT2D eigenvalue weighted by Crippen LogP contribution is -2.30. The third-order valence-electron chi connectivity index (χ3n) is 4.62. The van der Waals surface area contributed by atoms with Gasteiger partial charge in [-0.1, -0.05) is 18.2 Å². The second-order valence-corrected chi connectivity index (χ2v) is 6.23. The lowest BCUT2D eigenvalue weighted by molar-refractivity contribution is -0.138. The minimum absolute atomic E-state index is 0.117. The van der Waals surface area contributed by atoms with Crippen LogP contribution < -0.4 is 0 Å². The number of aryl methyl sites for hydroxylation is 2. The summed E-state index contributed by atoms with van der Waals surface area (Å²) in [6.07, 6.45) is 4.92. The van der Waals surface area contributed by atoms with Gasteiger partial charge in [0.25, 0.3) is 0 Å². The molecule has 0 aromatic heterocycles. The monoisotopic (exact) mass is 287 g/mol. The van der Waals surface area contributed by atoms with Gasteiger partial charge in [0.05, 0.1) is 6.42 Å². The number of hydrogen-bond acceptors (Lipinski definition) is 2. The van der Waals surface area contributed by atoms with E-state index in [4.69, 9.17) is 5.11 Å². The van der Waals surface area contributed by atoms with Crippen molar-refractivity contribution < 1.29 is 14.7 Å². The minimum Gasteiger partial charge on any atom is -0.481 e. The number of carboxylic acids is 1. The van der Waals surface area contributed by atoms with E-state index in [1.165, 1.54) is 17.5 Å². The van der Waals surface area contributed by atoms with Crippen LogP contribution >= 0.6 is 0 Å². The first-order chi connectivity index (χ1) is 10.1. The fraction of sp³-hybridized carbons (Fsp3) is 0.529. The first-order valence-corrected chi connectivity index (χ1v) is 7.72. The van der Waals surface area contributed by atoms with Gasteiger partial charge in [-0.05, 0) is 48.3 Å². The van der Waals surface area contributed by atoms with Crippen molar-refractivity contribution in [2.24, 2.45) is 5.92 Å². The lowest BCUT2D eigenvalue weighted by atomic mass is 10.0. The summed E-state index contributed by atoms with van der Waals surface area (Å²) in [5, 5.41) is 8.82. The number of amides is 1. The van der Waals surface area contributed by atoms with Crippen LogP contribution in [0.1, 0.15) is 36.0 Å². The maximum atomic E-state index is 12.3. The van der Waals surface area contributed by atoms with Gasteiger partial charge in [0.1, 0.15) is 0 Å². The Balaban J connectivity index is 1.58. The normalized spacial score (nSPS) is 20.6. The fourth-order valence-corrected chi connectivity index (χ4v) is 3.49. The molecule has 1 heterocycles. The van der Waals surface area contributed by atoms with E-state index < -0.39 is 5.97 Å².